The van der Waals surface area contributed by atoms with Gasteiger partial charge in [-0.2, -0.15) is 0 Å². The quantitative estimate of drug-likeness (QED) is 0.414. The molecule has 0 radical (unpaired) electrons. The van der Waals surface area contributed by atoms with Crippen molar-refractivity contribution in [2.24, 2.45) is 0 Å². The molecule has 2 aromatic carbocycles. The number of hydrogen-bond donors (Lipinski definition) is 0. The number of ether oxygens (including phenoxy) is 1. The zero-order chi connectivity index (χ0) is 22.9. The number of rotatable bonds is 6. The molecule has 1 fully saturated rings. The Labute approximate surface area is 202 Å². The van der Waals surface area contributed by atoms with Crippen LogP contribution in [0.1, 0.15) is 35.2 Å². The normalized spacial score (nSPS) is 15.2. The third kappa shape index (κ3) is 4.72. The van der Waals surface area contributed by atoms with Crippen LogP contribution in [0.25, 0.3) is 0 Å². The minimum absolute atomic E-state index is 0.262. The molecule has 1 aliphatic heterocycles. The third-order valence-corrected chi connectivity index (χ3v) is 9.94. The van der Waals surface area contributed by atoms with Gasteiger partial charge in [-0.3, -0.25) is 0 Å². The smallest absolute Gasteiger partial charge is 0.185 e. The van der Waals surface area contributed by atoms with Crippen LogP contribution in [0.2, 0.25) is 0 Å². The fraction of sp³-hybridized carbons (Fsp3) is 0.375. The van der Waals surface area contributed by atoms with E-state index in [1.54, 1.807) is 29.5 Å². The molecule has 1 saturated heterocycles. The molecule has 32 heavy (non-hydrogen) atoms. The number of anilines is 1. The number of thiazole rings is 1. The van der Waals surface area contributed by atoms with Crippen LogP contribution in [0, 0.1) is 13.8 Å². The average Bonchev–Trinajstić information content (AvgIpc) is 3.25. The Morgan fingerprint density at radius 1 is 1.19 bits per heavy atom. The van der Waals surface area contributed by atoms with Crippen molar-refractivity contribution < 1.29 is 13.2 Å². The number of sulfone groups is 1. The van der Waals surface area contributed by atoms with Crippen molar-refractivity contribution in [2.45, 2.75) is 43.3 Å². The Bertz CT molecular complexity index is 1220. The molecular weight excluding hydrogens is 508 g/mol. The van der Waals surface area contributed by atoms with Gasteiger partial charge in [-0.15, -0.1) is 11.3 Å². The molecule has 2 heterocycles. The molecule has 0 unspecified atom stereocenters. The predicted octanol–water partition coefficient (Wildman–Crippen LogP) is 5.56. The minimum Gasteiger partial charge on any atom is -0.495 e. The molecule has 0 bridgehead atoms. The first-order chi connectivity index (χ1) is 15.3. The first-order valence-electron chi connectivity index (χ1n) is 10.6. The topological polar surface area (TPSA) is 59.5 Å². The first-order valence-corrected chi connectivity index (χ1v) is 13.8. The molecule has 0 saturated carbocycles. The molecule has 4 rings (SSSR count). The van der Waals surface area contributed by atoms with Crippen LogP contribution in [0.5, 0.6) is 5.75 Å². The lowest BCUT2D eigenvalue weighted by molar-refractivity contribution is 0.401. The van der Waals surface area contributed by atoms with Gasteiger partial charge >= 0.3 is 0 Å². The van der Waals surface area contributed by atoms with Crippen LogP contribution in [0.4, 0.5) is 5.13 Å². The summed E-state index contributed by atoms with van der Waals surface area (Å²) < 4.78 is 32.6. The van der Waals surface area contributed by atoms with Crippen molar-refractivity contribution in [3.05, 3.63) is 68.6 Å². The van der Waals surface area contributed by atoms with E-state index in [1.807, 2.05) is 0 Å². The van der Waals surface area contributed by atoms with E-state index < -0.39 is 15.1 Å². The third-order valence-electron chi connectivity index (χ3n) is 6.21. The molecule has 1 aliphatic rings. The second kappa shape index (κ2) is 9.53. The Hall–Kier alpha value is -1.90. The van der Waals surface area contributed by atoms with Gasteiger partial charge in [0.05, 0.1) is 18.1 Å². The Morgan fingerprint density at radius 3 is 2.66 bits per heavy atom. The van der Waals surface area contributed by atoms with E-state index in [9.17, 15) is 8.42 Å². The number of methoxy groups -OCH3 is 1. The second-order valence-electron chi connectivity index (χ2n) is 8.18. The fourth-order valence-electron chi connectivity index (χ4n) is 4.13. The highest BCUT2D eigenvalue weighted by molar-refractivity contribution is 9.10. The molecule has 3 aromatic rings. The Kier molecular flexibility index (Phi) is 6.93. The van der Waals surface area contributed by atoms with Gasteiger partial charge in [0.15, 0.2) is 15.0 Å². The zero-order valence-corrected chi connectivity index (χ0v) is 21.7. The SMILES string of the molecule is COc1ccc(Br)cc1S(=O)(=O)C1CCN(c2nc(Cc3cccc(C)c3C)cs2)CC1. The van der Waals surface area contributed by atoms with E-state index in [1.165, 1.54) is 23.8 Å². The highest BCUT2D eigenvalue weighted by atomic mass is 79.9. The van der Waals surface area contributed by atoms with Crippen LogP contribution < -0.4 is 9.64 Å². The standard InChI is InChI=1S/C24H27BrN2O3S2/c1-16-5-4-6-18(17(16)2)13-20-15-31-24(26-20)27-11-9-21(10-12-27)32(28,29)23-14-19(25)7-8-22(23)30-3/h4-8,14-15,21H,9-13H2,1-3H3. The summed E-state index contributed by atoms with van der Waals surface area (Å²) in [6.45, 7) is 5.64. The maximum atomic E-state index is 13.3. The molecule has 0 aliphatic carbocycles. The fourth-order valence-corrected chi connectivity index (χ4v) is 7.44. The number of benzene rings is 2. The average molecular weight is 536 g/mol. The number of halogens is 1. The molecule has 8 heteroatoms. The second-order valence-corrected chi connectivity index (χ2v) is 12.1. The summed E-state index contributed by atoms with van der Waals surface area (Å²) in [7, 11) is -1.97. The summed E-state index contributed by atoms with van der Waals surface area (Å²) in [5.74, 6) is 0.395. The lowest BCUT2D eigenvalue weighted by Crippen LogP contribution is -2.39. The number of hydrogen-bond acceptors (Lipinski definition) is 6. The number of aryl methyl sites for hydroxylation is 1. The summed E-state index contributed by atoms with van der Waals surface area (Å²) >= 11 is 5.02. The molecule has 170 valence electrons. The monoisotopic (exact) mass is 534 g/mol. The van der Waals surface area contributed by atoms with Gasteiger partial charge in [-0.1, -0.05) is 34.1 Å². The van der Waals surface area contributed by atoms with E-state index in [0.717, 1.165) is 21.7 Å². The van der Waals surface area contributed by atoms with Crippen LogP contribution in [-0.4, -0.2) is 38.9 Å². The van der Waals surface area contributed by atoms with E-state index in [2.05, 4.69) is 58.3 Å². The molecule has 0 atom stereocenters. The van der Waals surface area contributed by atoms with E-state index in [0.29, 0.717) is 31.7 Å². The predicted molar refractivity (Wildman–Crippen MR) is 134 cm³/mol. The Balaban J connectivity index is 1.44. The largest absolute Gasteiger partial charge is 0.495 e. The van der Waals surface area contributed by atoms with Crippen molar-refractivity contribution in [3.63, 3.8) is 0 Å². The maximum absolute atomic E-state index is 13.3. The van der Waals surface area contributed by atoms with Crippen molar-refractivity contribution in [1.29, 1.82) is 0 Å². The van der Waals surface area contributed by atoms with Crippen molar-refractivity contribution in [1.82, 2.24) is 4.98 Å². The van der Waals surface area contributed by atoms with Gasteiger partial charge in [0, 0.05) is 29.4 Å². The molecule has 0 amide bonds. The first kappa shape index (κ1) is 23.3. The summed E-state index contributed by atoms with van der Waals surface area (Å²) in [6, 6.07) is 11.5. The molecule has 0 N–H and O–H groups in total. The van der Waals surface area contributed by atoms with Gasteiger partial charge in [-0.25, -0.2) is 13.4 Å². The van der Waals surface area contributed by atoms with Crippen LogP contribution in [-0.2, 0) is 16.3 Å². The molecule has 5 nitrogen and oxygen atoms in total. The van der Waals surface area contributed by atoms with E-state index >= 15 is 0 Å². The lowest BCUT2D eigenvalue weighted by atomic mass is 10.0. The highest BCUT2D eigenvalue weighted by Crippen LogP contribution is 2.34. The maximum Gasteiger partial charge on any atom is 0.185 e. The van der Waals surface area contributed by atoms with Gasteiger partial charge in [-0.05, 0) is 61.6 Å². The van der Waals surface area contributed by atoms with Gasteiger partial charge in [0.2, 0.25) is 0 Å². The minimum atomic E-state index is -3.48. The van der Waals surface area contributed by atoms with Crippen molar-refractivity contribution in [2.75, 3.05) is 25.1 Å². The highest BCUT2D eigenvalue weighted by Gasteiger charge is 2.34. The summed E-state index contributed by atoms with van der Waals surface area (Å²) in [5, 5.41) is 2.67. The van der Waals surface area contributed by atoms with Gasteiger partial charge in [0.1, 0.15) is 10.6 Å². The summed E-state index contributed by atoms with van der Waals surface area (Å²) in [6.07, 6.45) is 1.96. The lowest BCUT2D eigenvalue weighted by Gasteiger charge is -2.31. The van der Waals surface area contributed by atoms with E-state index in [-0.39, 0.29) is 4.90 Å². The Morgan fingerprint density at radius 2 is 1.94 bits per heavy atom. The van der Waals surface area contributed by atoms with Crippen LogP contribution >= 0.6 is 27.3 Å². The van der Waals surface area contributed by atoms with Gasteiger partial charge < -0.3 is 9.64 Å². The number of aromatic nitrogens is 1. The van der Waals surface area contributed by atoms with Crippen molar-refractivity contribution >= 4 is 42.2 Å². The van der Waals surface area contributed by atoms with Crippen molar-refractivity contribution in [3.8, 4) is 5.75 Å². The number of nitrogens with zero attached hydrogens (tertiary/aromatic N) is 2. The zero-order valence-electron chi connectivity index (χ0n) is 18.5. The van der Waals surface area contributed by atoms with Crippen LogP contribution in [0.15, 0.2) is 51.1 Å². The summed E-state index contributed by atoms with van der Waals surface area (Å²) in [4.78, 5) is 7.32. The van der Waals surface area contributed by atoms with Gasteiger partial charge in [0.25, 0.3) is 0 Å². The molecule has 0 spiro atoms. The number of piperidine rings is 1. The molecule has 1 aromatic heterocycles. The molecular formula is C24H27BrN2O3S2. The summed E-state index contributed by atoms with van der Waals surface area (Å²) in [5.41, 5.74) is 4.97. The van der Waals surface area contributed by atoms with Crippen LogP contribution in [0.3, 0.4) is 0 Å². The van der Waals surface area contributed by atoms with E-state index in [4.69, 9.17) is 9.72 Å².